The summed E-state index contributed by atoms with van der Waals surface area (Å²) in [6, 6.07) is 22.7. The number of hydrogen-bond donors (Lipinski definition) is 1. The van der Waals surface area contributed by atoms with E-state index in [1.165, 1.54) is 0 Å². The van der Waals surface area contributed by atoms with Gasteiger partial charge in [0.05, 0.1) is 19.6 Å². The first-order valence-electron chi connectivity index (χ1n) is 11.9. The van der Waals surface area contributed by atoms with Gasteiger partial charge in [0.1, 0.15) is 0 Å². The molecule has 2 atom stereocenters. The number of hydrogen-bond acceptors (Lipinski definition) is 3. The first-order valence-corrected chi connectivity index (χ1v) is 11.9. The van der Waals surface area contributed by atoms with Crippen LogP contribution in [0.5, 0.6) is 0 Å². The first-order chi connectivity index (χ1) is 17.0. The number of fused-ring (bicyclic) bond motifs is 1. The molecule has 3 aromatic carbocycles. The highest BCUT2D eigenvalue weighted by Crippen LogP contribution is 2.48. The first kappa shape index (κ1) is 24.6. The van der Waals surface area contributed by atoms with Crippen LogP contribution < -0.4 is 9.80 Å². The Morgan fingerprint density at radius 1 is 0.917 bits per heavy atom. The van der Waals surface area contributed by atoms with Gasteiger partial charge >= 0.3 is 6.18 Å². The van der Waals surface area contributed by atoms with Crippen molar-refractivity contribution in [1.29, 1.82) is 0 Å². The number of aliphatic hydroxyl groups is 1. The third-order valence-electron chi connectivity index (χ3n) is 7.19. The van der Waals surface area contributed by atoms with E-state index in [-0.39, 0.29) is 19.6 Å². The van der Waals surface area contributed by atoms with Crippen molar-refractivity contribution in [3.05, 3.63) is 95.1 Å². The normalized spacial score (nSPS) is 21.8. The molecule has 5 rings (SSSR count). The number of aliphatic hydroxyl groups excluding tert-OH is 1. The average molecular weight is 503 g/mol. The van der Waals surface area contributed by atoms with Gasteiger partial charge in [-0.1, -0.05) is 60.2 Å². The molecule has 190 valence electrons. The van der Waals surface area contributed by atoms with Crippen LogP contribution in [-0.2, 0) is 11.8 Å². The summed E-state index contributed by atoms with van der Waals surface area (Å²) in [5.41, 5.74) is 4.43. The lowest BCUT2D eigenvalue weighted by molar-refractivity contribution is -0.200. The molecule has 3 aromatic rings. The number of aryl methyl sites for hydroxylation is 1. The van der Waals surface area contributed by atoms with Crippen LogP contribution in [0.4, 0.5) is 33.3 Å². The standard InChI is InChI=1S/C28H27F5N2O/c1-19-6-4-8-21(12-19)26(14-20-7-5-9-22(13-20)35-17-27(29,30)18-35)16-34(15-25(36)28(31,32)33)24-11-3-2-10-23(24)26/h2-13,25,36H,14-18H2,1H3/t25-,26?/m1/s1. The van der Waals surface area contributed by atoms with Gasteiger partial charge in [0.2, 0.25) is 0 Å². The van der Waals surface area contributed by atoms with Crippen LogP contribution >= 0.6 is 0 Å². The van der Waals surface area contributed by atoms with Crippen LogP contribution in [0.2, 0.25) is 0 Å². The second kappa shape index (κ2) is 8.76. The summed E-state index contributed by atoms with van der Waals surface area (Å²) < 4.78 is 66.8. The summed E-state index contributed by atoms with van der Waals surface area (Å²) in [5, 5.41) is 9.89. The van der Waals surface area contributed by atoms with E-state index in [9.17, 15) is 27.1 Å². The molecule has 8 heteroatoms. The number of β-amino-alcohol motifs (C(OH)–C–C–N with tert-alkyl or cyclic N) is 1. The molecule has 2 aliphatic heterocycles. The van der Waals surface area contributed by atoms with E-state index in [4.69, 9.17) is 0 Å². The predicted octanol–water partition coefficient (Wildman–Crippen LogP) is 5.72. The molecular weight excluding hydrogens is 475 g/mol. The van der Waals surface area contributed by atoms with Crippen LogP contribution in [0.3, 0.4) is 0 Å². The van der Waals surface area contributed by atoms with Crippen molar-refractivity contribution in [3.63, 3.8) is 0 Å². The van der Waals surface area contributed by atoms with Crippen molar-refractivity contribution < 1.29 is 27.1 Å². The average Bonchev–Trinajstić information content (AvgIpc) is 3.11. The lowest BCUT2D eigenvalue weighted by Gasteiger charge is -2.40. The molecule has 2 heterocycles. The Hall–Kier alpha value is -3.13. The second-order valence-corrected chi connectivity index (χ2v) is 9.97. The number of nitrogens with zero attached hydrogens (tertiary/aromatic N) is 2. The maximum atomic E-state index is 13.5. The van der Waals surface area contributed by atoms with Gasteiger partial charge in [-0.15, -0.1) is 0 Å². The van der Waals surface area contributed by atoms with E-state index < -0.39 is 30.2 Å². The molecule has 0 spiro atoms. The van der Waals surface area contributed by atoms with Gasteiger partial charge < -0.3 is 14.9 Å². The highest BCUT2D eigenvalue weighted by molar-refractivity contribution is 5.67. The Morgan fingerprint density at radius 2 is 1.64 bits per heavy atom. The lowest BCUT2D eigenvalue weighted by atomic mass is 9.71. The molecule has 1 N–H and O–H groups in total. The third-order valence-corrected chi connectivity index (χ3v) is 7.19. The minimum atomic E-state index is -4.73. The fourth-order valence-corrected chi connectivity index (χ4v) is 5.47. The number of halogens is 5. The van der Waals surface area contributed by atoms with Crippen molar-refractivity contribution in [2.45, 2.75) is 37.0 Å². The number of anilines is 2. The number of alkyl halides is 5. The van der Waals surface area contributed by atoms with E-state index in [1.807, 2.05) is 61.5 Å². The molecule has 0 amide bonds. The molecule has 0 bridgehead atoms. The van der Waals surface area contributed by atoms with Crippen molar-refractivity contribution >= 4 is 11.4 Å². The molecule has 0 saturated carbocycles. The lowest BCUT2D eigenvalue weighted by Crippen LogP contribution is -2.56. The van der Waals surface area contributed by atoms with Crippen molar-refractivity contribution in [2.24, 2.45) is 0 Å². The Labute approximate surface area is 206 Å². The molecular formula is C28H27F5N2O. The van der Waals surface area contributed by atoms with Crippen LogP contribution in [0.1, 0.15) is 22.3 Å². The molecule has 2 aliphatic rings. The molecule has 3 nitrogen and oxygen atoms in total. The van der Waals surface area contributed by atoms with Crippen LogP contribution in [0.25, 0.3) is 0 Å². The highest BCUT2D eigenvalue weighted by atomic mass is 19.4. The zero-order chi connectivity index (χ0) is 25.7. The molecule has 0 aliphatic carbocycles. The maximum Gasteiger partial charge on any atom is 0.416 e. The molecule has 0 radical (unpaired) electrons. The van der Waals surface area contributed by atoms with Gasteiger partial charge in [-0.05, 0) is 48.2 Å². The summed E-state index contributed by atoms with van der Waals surface area (Å²) in [7, 11) is 0. The number of para-hydroxylation sites is 1. The van der Waals surface area contributed by atoms with Crippen molar-refractivity contribution in [3.8, 4) is 0 Å². The number of rotatable bonds is 6. The summed E-state index contributed by atoms with van der Waals surface area (Å²) in [6.07, 6.45) is -6.74. The minimum Gasteiger partial charge on any atom is -0.382 e. The summed E-state index contributed by atoms with van der Waals surface area (Å²) >= 11 is 0. The van der Waals surface area contributed by atoms with Gasteiger partial charge in [-0.3, -0.25) is 0 Å². The molecule has 1 saturated heterocycles. The molecule has 36 heavy (non-hydrogen) atoms. The zero-order valence-electron chi connectivity index (χ0n) is 19.8. The Kier molecular flexibility index (Phi) is 5.98. The van der Waals surface area contributed by atoms with Gasteiger partial charge in [-0.25, -0.2) is 8.78 Å². The fraction of sp³-hybridized carbons (Fsp3) is 0.357. The Morgan fingerprint density at radius 3 is 2.33 bits per heavy atom. The van der Waals surface area contributed by atoms with Crippen molar-refractivity contribution in [1.82, 2.24) is 0 Å². The quantitative estimate of drug-likeness (QED) is 0.437. The maximum absolute atomic E-state index is 13.5. The SMILES string of the molecule is Cc1cccc(C2(Cc3cccc(N4CC(F)(F)C4)c3)CN(C[C@@H](O)C(F)(F)F)c3ccccc32)c1. The van der Waals surface area contributed by atoms with Crippen LogP contribution in [0.15, 0.2) is 72.8 Å². The summed E-state index contributed by atoms with van der Waals surface area (Å²) in [4.78, 5) is 3.23. The number of benzene rings is 3. The van der Waals surface area contributed by atoms with E-state index in [0.717, 1.165) is 22.3 Å². The van der Waals surface area contributed by atoms with E-state index in [2.05, 4.69) is 0 Å². The highest BCUT2D eigenvalue weighted by Gasteiger charge is 2.48. The molecule has 0 aromatic heterocycles. The van der Waals surface area contributed by atoms with Gasteiger partial charge in [-0.2, -0.15) is 13.2 Å². The van der Waals surface area contributed by atoms with E-state index >= 15 is 0 Å². The van der Waals surface area contributed by atoms with Crippen molar-refractivity contribution in [2.75, 3.05) is 36.0 Å². The van der Waals surface area contributed by atoms with Gasteiger partial charge in [0.25, 0.3) is 5.92 Å². The minimum absolute atomic E-state index is 0.245. The van der Waals surface area contributed by atoms with E-state index in [0.29, 0.717) is 17.8 Å². The smallest absolute Gasteiger partial charge is 0.382 e. The third kappa shape index (κ3) is 4.54. The predicted molar refractivity (Wildman–Crippen MR) is 130 cm³/mol. The summed E-state index contributed by atoms with van der Waals surface area (Å²) in [5.74, 6) is -2.69. The van der Waals surface area contributed by atoms with E-state index in [1.54, 1.807) is 28.0 Å². The second-order valence-electron chi connectivity index (χ2n) is 9.97. The van der Waals surface area contributed by atoms with Gasteiger partial charge in [0.15, 0.2) is 6.10 Å². The van der Waals surface area contributed by atoms with Gasteiger partial charge in [0, 0.05) is 23.3 Å². The largest absolute Gasteiger partial charge is 0.416 e. The zero-order valence-corrected chi connectivity index (χ0v) is 19.8. The fourth-order valence-electron chi connectivity index (χ4n) is 5.47. The van der Waals surface area contributed by atoms with Crippen LogP contribution in [0, 0.1) is 6.92 Å². The topological polar surface area (TPSA) is 26.7 Å². The monoisotopic (exact) mass is 502 g/mol. The Balaban J connectivity index is 1.56. The van der Waals surface area contributed by atoms with Crippen LogP contribution in [-0.4, -0.2) is 49.5 Å². The molecule has 1 unspecified atom stereocenters. The Bertz CT molecular complexity index is 1250. The summed E-state index contributed by atoms with van der Waals surface area (Å²) in [6.45, 7) is 0.983. The molecule has 1 fully saturated rings.